The van der Waals surface area contributed by atoms with Gasteiger partial charge in [-0.1, -0.05) is 18.2 Å². The maximum absolute atomic E-state index is 11.5. The van der Waals surface area contributed by atoms with E-state index in [0.717, 1.165) is 11.1 Å². The largest absolute Gasteiger partial charge is 0.345 e. The number of aromatic nitrogens is 3. The molecule has 0 bridgehead atoms. The third kappa shape index (κ3) is 3.77. The zero-order valence-electron chi connectivity index (χ0n) is 11.0. The van der Waals surface area contributed by atoms with Crippen molar-refractivity contribution in [3.8, 4) is 0 Å². The normalized spacial score (nSPS) is 10.8. The van der Waals surface area contributed by atoms with Gasteiger partial charge in [-0.15, -0.1) is 0 Å². The molecular weight excluding hydrogens is 240 g/mol. The van der Waals surface area contributed by atoms with Crippen molar-refractivity contribution < 1.29 is 4.79 Å². The van der Waals surface area contributed by atoms with E-state index in [1.807, 2.05) is 30.3 Å². The molecule has 0 unspecified atom stereocenters. The molecule has 5 heteroatoms. The fourth-order valence-corrected chi connectivity index (χ4v) is 1.61. The lowest BCUT2D eigenvalue weighted by Gasteiger charge is -2.05. The highest BCUT2D eigenvalue weighted by Crippen LogP contribution is 2.08. The summed E-state index contributed by atoms with van der Waals surface area (Å²) in [4.78, 5) is 16.9. The number of hydrogen-bond donors (Lipinski definition) is 0. The summed E-state index contributed by atoms with van der Waals surface area (Å²) >= 11 is 0. The molecule has 2 rings (SSSR count). The van der Waals surface area contributed by atoms with E-state index in [2.05, 4.69) is 10.1 Å². The Hall–Kier alpha value is -2.43. The number of carbonyl (C=O) groups is 1. The van der Waals surface area contributed by atoms with Gasteiger partial charge in [-0.3, -0.25) is 4.79 Å². The van der Waals surface area contributed by atoms with Crippen LogP contribution in [0.1, 0.15) is 11.1 Å². The summed E-state index contributed by atoms with van der Waals surface area (Å²) < 4.78 is 1.76. The van der Waals surface area contributed by atoms with Gasteiger partial charge < -0.3 is 4.90 Å². The molecule has 0 fully saturated rings. The van der Waals surface area contributed by atoms with Crippen LogP contribution in [0.5, 0.6) is 0 Å². The smallest absolute Gasteiger partial charge is 0.246 e. The molecule has 0 N–H and O–H groups in total. The molecule has 1 heterocycles. The standard InChI is InChI=1S/C14H16N4O/c1-17(2)14(19)7-6-12-4-3-5-13(8-12)9-18-11-15-10-16-18/h3-8,10-11H,9H2,1-2H3. The molecular formula is C14H16N4O. The lowest BCUT2D eigenvalue weighted by Crippen LogP contribution is -2.18. The van der Waals surface area contributed by atoms with E-state index in [1.165, 1.54) is 11.2 Å². The first-order valence-corrected chi connectivity index (χ1v) is 5.96. The minimum atomic E-state index is -0.0262. The van der Waals surface area contributed by atoms with Crippen molar-refractivity contribution in [2.24, 2.45) is 0 Å². The number of likely N-dealkylation sites (N-methyl/N-ethyl adjacent to an activating group) is 1. The van der Waals surface area contributed by atoms with Crippen molar-refractivity contribution in [3.63, 3.8) is 0 Å². The van der Waals surface area contributed by atoms with Gasteiger partial charge in [-0.25, -0.2) is 9.67 Å². The highest BCUT2D eigenvalue weighted by molar-refractivity contribution is 5.91. The number of amides is 1. The second-order valence-electron chi connectivity index (χ2n) is 4.40. The number of hydrogen-bond acceptors (Lipinski definition) is 3. The first-order chi connectivity index (χ1) is 9.15. The third-order valence-electron chi connectivity index (χ3n) is 2.62. The number of nitrogens with zero attached hydrogens (tertiary/aromatic N) is 4. The first kappa shape index (κ1) is 13.0. The summed E-state index contributed by atoms with van der Waals surface area (Å²) in [6, 6.07) is 7.98. The topological polar surface area (TPSA) is 51.0 Å². The van der Waals surface area contributed by atoms with Gasteiger partial charge in [0, 0.05) is 20.2 Å². The Morgan fingerprint density at radius 2 is 2.26 bits per heavy atom. The molecule has 0 saturated carbocycles. The predicted octanol–water partition coefficient (Wildman–Crippen LogP) is 1.43. The predicted molar refractivity (Wildman–Crippen MR) is 73.3 cm³/mol. The number of carbonyl (C=O) groups excluding carboxylic acids is 1. The lowest BCUT2D eigenvalue weighted by molar-refractivity contribution is -0.123. The van der Waals surface area contributed by atoms with Crippen LogP contribution in [0.25, 0.3) is 6.08 Å². The van der Waals surface area contributed by atoms with Crippen LogP contribution in [0.2, 0.25) is 0 Å². The van der Waals surface area contributed by atoms with Gasteiger partial charge in [0.2, 0.25) is 5.91 Å². The van der Waals surface area contributed by atoms with E-state index in [-0.39, 0.29) is 5.91 Å². The molecule has 0 atom stereocenters. The lowest BCUT2D eigenvalue weighted by atomic mass is 10.1. The van der Waals surface area contributed by atoms with Crippen LogP contribution < -0.4 is 0 Å². The average Bonchev–Trinajstić information content (AvgIpc) is 2.89. The van der Waals surface area contributed by atoms with Crippen molar-refractivity contribution in [1.82, 2.24) is 19.7 Å². The highest BCUT2D eigenvalue weighted by atomic mass is 16.2. The Balaban J connectivity index is 2.09. The van der Waals surface area contributed by atoms with Crippen LogP contribution in [0.4, 0.5) is 0 Å². The molecule has 1 aromatic carbocycles. The quantitative estimate of drug-likeness (QED) is 0.778. The second kappa shape index (κ2) is 5.95. The molecule has 1 aromatic heterocycles. The number of rotatable bonds is 4. The van der Waals surface area contributed by atoms with Gasteiger partial charge >= 0.3 is 0 Å². The molecule has 0 aliphatic rings. The summed E-state index contributed by atoms with van der Waals surface area (Å²) in [5.41, 5.74) is 2.11. The Bertz CT molecular complexity index is 573. The zero-order valence-corrected chi connectivity index (χ0v) is 11.0. The highest BCUT2D eigenvalue weighted by Gasteiger charge is 1.99. The molecule has 0 radical (unpaired) electrons. The van der Waals surface area contributed by atoms with Crippen LogP contribution in [-0.2, 0) is 11.3 Å². The maximum atomic E-state index is 11.5. The van der Waals surface area contributed by atoms with Crippen molar-refractivity contribution >= 4 is 12.0 Å². The average molecular weight is 256 g/mol. The summed E-state index contributed by atoms with van der Waals surface area (Å²) in [7, 11) is 3.46. The van der Waals surface area contributed by atoms with E-state index >= 15 is 0 Å². The van der Waals surface area contributed by atoms with E-state index in [4.69, 9.17) is 0 Å². The minimum absolute atomic E-state index is 0.0262. The monoisotopic (exact) mass is 256 g/mol. The maximum Gasteiger partial charge on any atom is 0.246 e. The third-order valence-corrected chi connectivity index (χ3v) is 2.62. The fourth-order valence-electron chi connectivity index (χ4n) is 1.61. The van der Waals surface area contributed by atoms with Gasteiger partial charge in [0.05, 0.1) is 6.54 Å². The Kier molecular flexibility index (Phi) is 4.07. The first-order valence-electron chi connectivity index (χ1n) is 5.96. The molecule has 0 aliphatic carbocycles. The Labute approximate surface area is 112 Å². The fraction of sp³-hybridized carbons (Fsp3) is 0.214. The van der Waals surface area contributed by atoms with Crippen molar-refractivity contribution in [2.45, 2.75) is 6.54 Å². The Morgan fingerprint density at radius 3 is 2.95 bits per heavy atom. The van der Waals surface area contributed by atoms with Crippen LogP contribution in [0.15, 0.2) is 43.0 Å². The van der Waals surface area contributed by atoms with E-state index in [9.17, 15) is 4.79 Å². The van der Waals surface area contributed by atoms with Crippen molar-refractivity contribution in [2.75, 3.05) is 14.1 Å². The molecule has 2 aromatic rings. The Morgan fingerprint density at radius 1 is 1.42 bits per heavy atom. The van der Waals surface area contributed by atoms with E-state index < -0.39 is 0 Å². The van der Waals surface area contributed by atoms with Crippen LogP contribution in [-0.4, -0.2) is 39.7 Å². The summed E-state index contributed by atoms with van der Waals surface area (Å²) in [5.74, 6) is -0.0262. The van der Waals surface area contributed by atoms with Gasteiger partial charge in [0.25, 0.3) is 0 Å². The molecule has 19 heavy (non-hydrogen) atoms. The van der Waals surface area contributed by atoms with Crippen LogP contribution in [0.3, 0.4) is 0 Å². The summed E-state index contributed by atoms with van der Waals surface area (Å²) in [6.45, 7) is 0.670. The molecule has 0 spiro atoms. The van der Waals surface area contributed by atoms with Gasteiger partial charge in [-0.05, 0) is 23.3 Å². The zero-order chi connectivity index (χ0) is 13.7. The minimum Gasteiger partial charge on any atom is -0.345 e. The van der Waals surface area contributed by atoms with Crippen molar-refractivity contribution in [3.05, 3.63) is 54.1 Å². The van der Waals surface area contributed by atoms with Crippen molar-refractivity contribution in [1.29, 1.82) is 0 Å². The molecule has 0 saturated heterocycles. The molecule has 1 amide bonds. The molecule has 98 valence electrons. The molecule has 0 aliphatic heterocycles. The summed E-state index contributed by atoms with van der Waals surface area (Å²) in [6.07, 6.45) is 6.57. The van der Waals surface area contributed by atoms with E-state index in [0.29, 0.717) is 6.54 Å². The van der Waals surface area contributed by atoms with Crippen LogP contribution >= 0.6 is 0 Å². The second-order valence-corrected chi connectivity index (χ2v) is 4.40. The van der Waals surface area contributed by atoms with E-state index in [1.54, 1.807) is 31.2 Å². The van der Waals surface area contributed by atoms with Gasteiger partial charge in [-0.2, -0.15) is 5.10 Å². The summed E-state index contributed by atoms with van der Waals surface area (Å²) in [5, 5.41) is 4.07. The molecule has 5 nitrogen and oxygen atoms in total. The SMILES string of the molecule is CN(C)C(=O)C=Cc1cccc(Cn2cncn2)c1. The van der Waals surface area contributed by atoms with Gasteiger partial charge in [0.1, 0.15) is 12.7 Å². The van der Waals surface area contributed by atoms with Gasteiger partial charge in [0.15, 0.2) is 0 Å². The van der Waals surface area contributed by atoms with Crippen LogP contribution in [0, 0.1) is 0 Å². The number of benzene rings is 1.